The van der Waals surface area contributed by atoms with Crippen LogP contribution in [0.5, 0.6) is 0 Å². The van der Waals surface area contributed by atoms with Crippen LogP contribution in [0.4, 0.5) is 11.4 Å². The van der Waals surface area contributed by atoms with Crippen molar-refractivity contribution in [3.05, 3.63) is 24.3 Å². The molecular weight excluding hydrogens is 162 g/mol. The Balaban J connectivity index is 1.84. The van der Waals surface area contributed by atoms with Crippen LogP contribution < -0.4 is 10.2 Å². The van der Waals surface area contributed by atoms with Gasteiger partial charge in [-0.05, 0) is 12.1 Å². The first kappa shape index (κ1) is 7.21. The second-order valence-corrected chi connectivity index (χ2v) is 3.65. The fourth-order valence-corrected chi connectivity index (χ4v) is 1.74. The number of nitrogens with one attached hydrogen (secondary N) is 1. The van der Waals surface area contributed by atoms with Gasteiger partial charge in [0.05, 0.1) is 24.7 Å². The van der Waals surface area contributed by atoms with Crippen LogP contribution in [0.3, 0.4) is 0 Å². The van der Waals surface area contributed by atoms with E-state index in [-0.39, 0.29) is 0 Å². The van der Waals surface area contributed by atoms with Crippen LogP contribution >= 0.6 is 0 Å². The van der Waals surface area contributed by atoms with Gasteiger partial charge in [-0.25, -0.2) is 0 Å². The van der Waals surface area contributed by atoms with Crippen molar-refractivity contribution >= 4 is 11.4 Å². The quantitative estimate of drug-likeness (QED) is 0.680. The number of para-hydroxylation sites is 2. The van der Waals surface area contributed by atoms with Crippen molar-refractivity contribution in [2.45, 2.75) is 0 Å². The molecule has 3 heteroatoms. The van der Waals surface area contributed by atoms with Gasteiger partial charge in [0.15, 0.2) is 0 Å². The molecule has 1 fully saturated rings. The highest BCUT2D eigenvalue weighted by molar-refractivity contribution is 5.74. The minimum Gasteiger partial charge on any atom is -0.366 e. The predicted molar refractivity (Wildman–Crippen MR) is 53.9 cm³/mol. The molecule has 0 bridgehead atoms. The van der Waals surface area contributed by atoms with Crippen LogP contribution in [0.2, 0.25) is 0 Å². The molecule has 2 aliphatic heterocycles. The Bertz CT molecular complexity index is 320. The summed E-state index contributed by atoms with van der Waals surface area (Å²) in [5, 5.41) is 3.38. The van der Waals surface area contributed by atoms with Crippen LogP contribution in [-0.4, -0.2) is 31.3 Å². The van der Waals surface area contributed by atoms with E-state index in [9.17, 15) is 0 Å². The summed E-state index contributed by atoms with van der Waals surface area (Å²) in [6.07, 6.45) is 0. The number of fused-ring (bicyclic) bond motifs is 1. The SMILES string of the molecule is c1ccc2c(c1)NCN2CN1CC1. The molecule has 1 aromatic rings. The van der Waals surface area contributed by atoms with Crippen molar-refractivity contribution in [3.8, 4) is 0 Å². The summed E-state index contributed by atoms with van der Waals surface area (Å²) in [4.78, 5) is 4.80. The molecule has 1 N–H and O–H groups in total. The lowest BCUT2D eigenvalue weighted by atomic mass is 10.3. The summed E-state index contributed by atoms with van der Waals surface area (Å²) in [7, 11) is 0. The Hall–Kier alpha value is -1.22. The Morgan fingerprint density at radius 1 is 1.23 bits per heavy atom. The number of hydrogen-bond acceptors (Lipinski definition) is 3. The molecular formula is C10H13N3. The van der Waals surface area contributed by atoms with E-state index in [0.717, 1.165) is 13.3 Å². The smallest absolute Gasteiger partial charge is 0.0890 e. The number of benzene rings is 1. The number of hydrogen-bond donors (Lipinski definition) is 1. The Kier molecular flexibility index (Phi) is 1.46. The Labute approximate surface area is 77.9 Å². The second kappa shape index (κ2) is 2.64. The van der Waals surface area contributed by atoms with Crippen molar-refractivity contribution in [2.75, 3.05) is 36.6 Å². The zero-order valence-electron chi connectivity index (χ0n) is 7.53. The fourth-order valence-electron chi connectivity index (χ4n) is 1.74. The molecule has 0 atom stereocenters. The lowest BCUT2D eigenvalue weighted by molar-refractivity contribution is 0.548. The number of anilines is 2. The van der Waals surface area contributed by atoms with E-state index < -0.39 is 0 Å². The summed E-state index contributed by atoms with van der Waals surface area (Å²) in [5.74, 6) is 0. The molecule has 2 heterocycles. The minimum atomic E-state index is 0.954. The average molecular weight is 175 g/mol. The first-order valence-electron chi connectivity index (χ1n) is 4.74. The van der Waals surface area contributed by atoms with Gasteiger partial charge in [0.2, 0.25) is 0 Å². The van der Waals surface area contributed by atoms with Crippen molar-refractivity contribution < 1.29 is 0 Å². The molecule has 0 amide bonds. The molecule has 3 nitrogen and oxygen atoms in total. The summed E-state index contributed by atoms with van der Waals surface area (Å²) in [5.41, 5.74) is 2.61. The highest BCUT2D eigenvalue weighted by atomic mass is 15.4. The van der Waals surface area contributed by atoms with Gasteiger partial charge in [0, 0.05) is 13.1 Å². The maximum absolute atomic E-state index is 3.38. The van der Waals surface area contributed by atoms with E-state index in [1.54, 1.807) is 0 Å². The summed E-state index contributed by atoms with van der Waals surface area (Å²) >= 11 is 0. The van der Waals surface area contributed by atoms with Crippen LogP contribution in [0.1, 0.15) is 0 Å². The first-order chi connectivity index (χ1) is 6.43. The maximum atomic E-state index is 3.38. The normalized spacial score (nSPS) is 19.8. The van der Waals surface area contributed by atoms with Gasteiger partial charge < -0.3 is 10.2 Å². The van der Waals surface area contributed by atoms with Crippen molar-refractivity contribution in [2.24, 2.45) is 0 Å². The van der Waals surface area contributed by atoms with Gasteiger partial charge in [-0.2, -0.15) is 0 Å². The molecule has 0 unspecified atom stereocenters. The largest absolute Gasteiger partial charge is 0.366 e. The molecule has 0 aliphatic carbocycles. The lowest BCUT2D eigenvalue weighted by Crippen LogP contribution is -2.28. The molecule has 2 aliphatic rings. The Morgan fingerprint density at radius 2 is 2.08 bits per heavy atom. The summed E-state index contributed by atoms with van der Waals surface area (Å²) < 4.78 is 0. The highest BCUT2D eigenvalue weighted by Gasteiger charge is 2.24. The molecule has 0 saturated carbocycles. The van der Waals surface area contributed by atoms with Gasteiger partial charge in [-0.1, -0.05) is 12.1 Å². The van der Waals surface area contributed by atoms with Gasteiger partial charge >= 0.3 is 0 Å². The third-order valence-electron chi connectivity index (χ3n) is 2.62. The van der Waals surface area contributed by atoms with Crippen LogP contribution in [-0.2, 0) is 0 Å². The van der Waals surface area contributed by atoms with E-state index in [2.05, 4.69) is 39.4 Å². The molecule has 0 radical (unpaired) electrons. The van der Waals surface area contributed by atoms with Crippen molar-refractivity contribution in [3.63, 3.8) is 0 Å². The molecule has 0 aromatic heterocycles. The molecule has 1 aromatic carbocycles. The predicted octanol–water partition coefficient (Wildman–Crippen LogP) is 1.15. The van der Waals surface area contributed by atoms with Gasteiger partial charge in [-0.15, -0.1) is 0 Å². The van der Waals surface area contributed by atoms with E-state index in [4.69, 9.17) is 0 Å². The lowest BCUT2D eigenvalue weighted by Gasteiger charge is -2.17. The van der Waals surface area contributed by atoms with Crippen LogP contribution in [0.25, 0.3) is 0 Å². The average Bonchev–Trinajstić information content (AvgIpc) is 2.88. The number of nitrogens with zero attached hydrogens (tertiary/aromatic N) is 2. The Morgan fingerprint density at radius 3 is 2.92 bits per heavy atom. The van der Waals surface area contributed by atoms with Gasteiger partial charge in [0.1, 0.15) is 0 Å². The van der Waals surface area contributed by atoms with E-state index in [1.165, 1.54) is 24.5 Å². The third kappa shape index (κ3) is 1.25. The summed E-state index contributed by atoms with van der Waals surface area (Å²) in [6, 6.07) is 8.49. The molecule has 3 rings (SSSR count). The third-order valence-corrected chi connectivity index (χ3v) is 2.62. The van der Waals surface area contributed by atoms with Gasteiger partial charge in [-0.3, -0.25) is 4.90 Å². The van der Waals surface area contributed by atoms with Crippen molar-refractivity contribution in [1.82, 2.24) is 4.90 Å². The topological polar surface area (TPSA) is 18.3 Å². The molecule has 68 valence electrons. The number of rotatable bonds is 2. The first-order valence-corrected chi connectivity index (χ1v) is 4.74. The van der Waals surface area contributed by atoms with Crippen LogP contribution in [0, 0.1) is 0 Å². The second-order valence-electron chi connectivity index (χ2n) is 3.65. The molecule has 13 heavy (non-hydrogen) atoms. The fraction of sp³-hybridized carbons (Fsp3) is 0.400. The van der Waals surface area contributed by atoms with Crippen LogP contribution in [0.15, 0.2) is 24.3 Å². The zero-order valence-corrected chi connectivity index (χ0v) is 7.53. The van der Waals surface area contributed by atoms with Gasteiger partial charge in [0.25, 0.3) is 0 Å². The highest BCUT2D eigenvalue weighted by Crippen LogP contribution is 2.30. The molecule has 0 spiro atoms. The molecule has 1 saturated heterocycles. The monoisotopic (exact) mass is 175 g/mol. The van der Waals surface area contributed by atoms with Crippen molar-refractivity contribution in [1.29, 1.82) is 0 Å². The zero-order chi connectivity index (χ0) is 8.67. The maximum Gasteiger partial charge on any atom is 0.0890 e. The van der Waals surface area contributed by atoms with E-state index in [0.29, 0.717) is 0 Å². The minimum absolute atomic E-state index is 0.954. The summed E-state index contributed by atoms with van der Waals surface area (Å²) in [6.45, 7) is 4.55. The van der Waals surface area contributed by atoms with E-state index in [1.807, 2.05) is 0 Å². The van der Waals surface area contributed by atoms with E-state index >= 15 is 0 Å². The standard InChI is InChI=1S/C10H13N3/c1-2-4-10-9(3-1)11-7-13(10)8-12-5-6-12/h1-4,11H,5-8H2.